The summed E-state index contributed by atoms with van der Waals surface area (Å²) in [5.41, 5.74) is 5.28. The van der Waals surface area contributed by atoms with Gasteiger partial charge in [0.2, 0.25) is 0 Å². The van der Waals surface area contributed by atoms with Crippen LogP contribution in [0.4, 0.5) is 0 Å². The Hall–Kier alpha value is -3.08. The Balaban J connectivity index is 2.03. The topological polar surface area (TPSA) is 63.8 Å². The Morgan fingerprint density at radius 3 is 2.69 bits per heavy atom. The van der Waals surface area contributed by atoms with Gasteiger partial charge < -0.3 is 14.5 Å². The Kier molecular flexibility index (Phi) is 4.21. The monoisotopic (exact) mass is 348 g/mol. The van der Waals surface area contributed by atoms with Crippen molar-refractivity contribution in [2.24, 2.45) is 5.16 Å². The third kappa shape index (κ3) is 2.56. The highest BCUT2D eigenvalue weighted by Crippen LogP contribution is 2.35. The lowest BCUT2D eigenvalue weighted by atomic mass is 9.93. The molecule has 0 saturated heterocycles. The molecule has 1 aliphatic carbocycles. The zero-order valence-electron chi connectivity index (χ0n) is 14.6. The quantitative estimate of drug-likeness (QED) is 0.442. The van der Waals surface area contributed by atoms with Crippen LogP contribution in [0.15, 0.2) is 53.7 Å². The second-order valence-electron chi connectivity index (χ2n) is 6.49. The summed E-state index contributed by atoms with van der Waals surface area (Å²) in [6, 6.07) is 15.8. The number of rotatable bonds is 3. The number of nitrogens with zero attached hydrogens (tertiary/aromatic N) is 2. The smallest absolute Gasteiger partial charge is 0.340 e. The van der Waals surface area contributed by atoms with Crippen LogP contribution in [0.2, 0.25) is 0 Å². The summed E-state index contributed by atoms with van der Waals surface area (Å²) in [5.74, 6) is -0.359. The Morgan fingerprint density at radius 2 is 1.96 bits per heavy atom. The molecular formula is C21H20N2O3. The van der Waals surface area contributed by atoms with E-state index in [9.17, 15) is 10.0 Å². The van der Waals surface area contributed by atoms with Gasteiger partial charge in [-0.3, -0.25) is 0 Å². The van der Waals surface area contributed by atoms with Gasteiger partial charge in [0.25, 0.3) is 0 Å². The summed E-state index contributed by atoms with van der Waals surface area (Å²) in [6.07, 6.45) is 2.54. The van der Waals surface area contributed by atoms with Crippen molar-refractivity contribution in [1.29, 1.82) is 0 Å². The van der Waals surface area contributed by atoms with Gasteiger partial charge in [0, 0.05) is 23.2 Å². The van der Waals surface area contributed by atoms with Crippen molar-refractivity contribution in [3.05, 3.63) is 70.9 Å². The van der Waals surface area contributed by atoms with E-state index < -0.39 is 0 Å². The average Bonchev–Trinajstić information content (AvgIpc) is 3.02. The first-order valence-corrected chi connectivity index (χ1v) is 8.72. The molecule has 132 valence electrons. The summed E-state index contributed by atoms with van der Waals surface area (Å²) in [6.45, 7) is 0.652. The molecular weight excluding hydrogens is 328 g/mol. The molecule has 5 heteroatoms. The lowest BCUT2D eigenvalue weighted by Crippen LogP contribution is -2.15. The number of fused-ring (bicyclic) bond motifs is 3. The molecule has 1 aromatic heterocycles. The van der Waals surface area contributed by atoms with Gasteiger partial charge in [-0.15, -0.1) is 0 Å². The summed E-state index contributed by atoms with van der Waals surface area (Å²) >= 11 is 0. The van der Waals surface area contributed by atoms with E-state index in [0.717, 1.165) is 47.0 Å². The number of ether oxygens (including phenoxy) is 1. The zero-order chi connectivity index (χ0) is 18.1. The van der Waals surface area contributed by atoms with Gasteiger partial charge >= 0.3 is 5.97 Å². The van der Waals surface area contributed by atoms with Gasteiger partial charge in [-0.25, -0.2) is 4.79 Å². The molecule has 1 aliphatic rings. The molecule has 0 spiro atoms. The maximum absolute atomic E-state index is 12.4. The number of hydrogen-bond acceptors (Lipinski definition) is 4. The van der Waals surface area contributed by atoms with Crippen LogP contribution in [0.25, 0.3) is 10.9 Å². The number of methoxy groups -OCH3 is 1. The van der Waals surface area contributed by atoms with E-state index >= 15 is 0 Å². The molecule has 3 aromatic rings. The Labute approximate surface area is 151 Å². The average molecular weight is 348 g/mol. The fourth-order valence-electron chi connectivity index (χ4n) is 3.91. The molecule has 0 fully saturated rings. The van der Waals surface area contributed by atoms with Crippen molar-refractivity contribution in [3.63, 3.8) is 0 Å². The highest BCUT2D eigenvalue weighted by molar-refractivity contribution is 6.16. The number of hydrogen-bond donors (Lipinski definition) is 1. The third-order valence-electron chi connectivity index (χ3n) is 5.01. The fraction of sp³-hybridized carbons (Fsp3) is 0.238. The fourth-order valence-corrected chi connectivity index (χ4v) is 3.91. The molecule has 0 atom stereocenters. The largest absolute Gasteiger partial charge is 0.465 e. The van der Waals surface area contributed by atoms with Crippen LogP contribution in [0.1, 0.15) is 40.0 Å². The third-order valence-corrected chi connectivity index (χ3v) is 5.01. The maximum atomic E-state index is 12.4. The van der Waals surface area contributed by atoms with Gasteiger partial charge in [-0.2, -0.15) is 0 Å². The lowest BCUT2D eigenvalue weighted by molar-refractivity contribution is 0.0602. The molecule has 0 amide bonds. The zero-order valence-corrected chi connectivity index (χ0v) is 14.6. The Morgan fingerprint density at radius 1 is 1.15 bits per heavy atom. The van der Waals surface area contributed by atoms with Gasteiger partial charge in [-0.1, -0.05) is 47.6 Å². The lowest BCUT2D eigenvalue weighted by Gasteiger charge is -2.17. The number of para-hydroxylation sites is 1. The van der Waals surface area contributed by atoms with Gasteiger partial charge in [0.15, 0.2) is 0 Å². The van der Waals surface area contributed by atoms with Crippen LogP contribution < -0.4 is 0 Å². The number of carbonyl (C=O) groups is 1. The van der Waals surface area contributed by atoms with Crippen molar-refractivity contribution in [2.75, 3.05) is 7.11 Å². The van der Waals surface area contributed by atoms with E-state index in [-0.39, 0.29) is 5.97 Å². The molecule has 26 heavy (non-hydrogen) atoms. The van der Waals surface area contributed by atoms with Crippen LogP contribution in [-0.2, 0) is 17.7 Å². The number of benzene rings is 2. The molecule has 0 aliphatic heterocycles. The van der Waals surface area contributed by atoms with Crippen LogP contribution in [0.5, 0.6) is 0 Å². The minimum absolute atomic E-state index is 0.359. The number of carbonyl (C=O) groups excluding carboxylic acids is 1. The van der Waals surface area contributed by atoms with Crippen LogP contribution in [0, 0.1) is 0 Å². The molecule has 2 aromatic carbocycles. The van der Waals surface area contributed by atoms with Gasteiger partial charge in [-0.05, 0) is 30.9 Å². The van der Waals surface area contributed by atoms with Crippen LogP contribution >= 0.6 is 0 Å². The first-order valence-electron chi connectivity index (χ1n) is 8.72. The SMILES string of the molecule is COC(=O)c1cccc2c3c(n(Cc4ccccc4)c12)CCCC3=NO. The molecule has 1 N–H and O–H groups in total. The predicted octanol–water partition coefficient (Wildman–Crippen LogP) is 3.99. The van der Waals surface area contributed by atoms with E-state index in [1.807, 2.05) is 30.3 Å². The van der Waals surface area contributed by atoms with E-state index in [0.29, 0.717) is 17.8 Å². The molecule has 4 rings (SSSR count). The second-order valence-corrected chi connectivity index (χ2v) is 6.49. The first kappa shape index (κ1) is 16.4. The molecule has 0 radical (unpaired) electrons. The van der Waals surface area contributed by atoms with E-state index in [1.165, 1.54) is 7.11 Å². The summed E-state index contributed by atoms with van der Waals surface area (Å²) < 4.78 is 7.18. The van der Waals surface area contributed by atoms with Gasteiger partial charge in [0.05, 0.1) is 23.9 Å². The summed E-state index contributed by atoms with van der Waals surface area (Å²) in [4.78, 5) is 12.4. The van der Waals surface area contributed by atoms with E-state index in [1.54, 1.807) is 6.07 Å². The molecule has 1 heterocycles. The van der Waals surface area contributed by atoms with E-state index in [2.05, 4.69) is 21.9 Å². The van der Waals surface area contributed by atoms with Crippen molar-refractivity contribution >= 4 is 22.6 Å². The minimum Gasteiger partial charge on any atom is -0.465 e. The van der Waals surface area contributed by atoms with Gasteiger partial charge in [0.1, 0.15) is 0 Å². The van der Waals surface area contributed by atoms with E-state index in [4.69, 9.17) is 4.74 Å². The normalized spacial score (nSPS) is 15.2. The highest BCUT2D eigenvalue weighted by atomic mass is 16.5. The maximum Gasteiger partial charge on any atom is 0.340 e. The molecule has 0 unspecified atom stereocenters. The van der Waals surface area contributed by atoms with Crippen molar-refractivity contribution < 1.29 is 14.7 Å². The standard InChI is InChI=1S/C21H20N2O3/c1-26-21(24)16-10-5-9-15-19-17(22-25)11-6-12-18(19)23(20(15)16)13-14-7-3-2-4-8-14/h2-5,7-10,25H,6,11-13H2,1H3. The highest BCUT2D eigenvalue weighted by Gasteiger charge is 2.27. The number of aromatic nitrogens is 1. The molecule has 0 saturated carbocycles. The number of oxime groups is 1. The molecule has 0 bridgehead atoms. The summed E-state index contributed by atoms with van der Waals surface area (Å²) in [7, 11) is 1.40. The first-order chi connectivity index (χ1) is 12.7. The van der Waals surface area contributed by atoms with Crippen molar-refractivity contribution in [3.8, 4) is 0 Å². The van der Waals surface area contributed by atoms with Crippen molar-refractivity contribution in [2.45, 2.75) is 25.8 Å². The minimum atomic E-state index is -0.359. The molecule has 5 nitrogen and oxygen atoms in total. The second kappa shape index (κ2) is 6.67. The van der Waals surface area contributed by atoms with Crippen molar-refractivity contribution in [1.82, 2.24) is 4.57 Å². The predicted molar refractivity (Wildman–Crippen MR) is 100 cm³/mol. The Bertz CT molecular complexity index is 1000. The number of esters is 1. The van der Waals surface area contributed by atoms with Crippen LogP contribution in [0.3, 0.4) is 0 Å². The van der Waals surface area contributed by atoms with Crippen LogP contribution in [-0.4, -0.2) is 28.6 Å². The summed E-state index contributed by atoms with van der Waals surface area (Å²) in [5, 5.41) is 14.0.